The molecule has 3 heterocycles. The summed E-state index contributed by atoms with van der Waals surface area (Å²) in [7, 11) is 0. The minimum atomic E-state index is -0.336. The zero-order valence-corrected chi connectivity index (χ0v) is 14.7. The maximum Gasteiger partial charge on any atom is 0.254 e. The molecule has 2 aromatic heterocycles. The van der Waals surface area contributed by atoms with Crippen molar-refractivity contribution in [2.75, 3.05) is 19.8 Å². The van der Waals surface area contributed by atoms with Crippen molar-refractivity contribution in [2.24, 2.45) is 0 Å². The summed E-state index contributed by atoms with van der Waals surface area (Å²) in [6, 6.07) is 3.23. The van der Waals surface area contributed by atoms with Crippen LogP contribution in [0.15, 0.2) is 34.3 Å². The molecule has 1 aliphatic heterocycles. The van der Waals surface area contributed by atoms with Crippen LogP contribution in [0.2, 0.25) is 0 Å². The summed E-state index contributed by atoms with van der Waals surface area (Å²) in [5.74, 6) is 0.382. The first-order chi connectivity index (χ1) is 11.4. The third-order valence-corrected chi connectivity index (χ3v) is 4.50. The van der Waals surface area contributed by atoms with E-state index in [0.717, 1.165) is 5.03 Å². The Kier molecular flexibility index (Phi) is 4.86. The molecule has 128 valence electrons. The van der Waals surface area contributed by atoms with Gasteiger partial charge in [-0.15, -0.1) is 11.8 Å². The van der Waals surface area contributed by atoms with Gasteiger partial charge >= 0.3 is 0 Å². The van der Waals surface area contributed by atoms with Crippen LogP contribution in [0, 0.1) is 0 Å². The summed E-state index contributed by atoms with van der Waals surface area (Å²) in [5, 5.41) is 4.69. The van der Waals surface area contributed by atoms with Gasteiger partial charge < -0.3 is 14.2 Å². The molecule has 1 unspecified atom stereocenters. The van der Waals surface area contributed by atoms with E-state index < -0.39 is 0 Å². The summed E-state index contributed by atoms with van der Waals surface area (Å²) in [6.45, 7) is 7.68. The molecule has 8 heteroatoms. The zero-order valence-electron chi connectivity index (χ0n) is 13.9. The van der Waals surface area contributed by atoms with Crippen LogP contribution in [0.4, 0.5) is 0 Å². The molecule has 0 N–H and O–H groups in total. The van der Waals surface area contributed by atoms with Crippen molar-refractivity contribution in [2.45, 2.75) is 36.6 Å². The molecule has 7 nitrogen and oxygen atoms in total. The van der Waals surface area contributed by atoms with Crippen molar-refractivity contribution in [3.63, 3.8) is 0 Å². The Bertz CT molecular complexity index is 700. The molecule has 0 radical (unpaired) electrons. The van der Waals surface area contributed by atoms with Crippen LogP contribution in [0.5, 0.6) is 0 Å². The molecule has 1 aliphatic rings. The number of amides is 1. The largest absolute Gasteiger partial charge is 0.377 e. The van der Waals surface area contributed by atoms with Crippen LogP contribution in [0.1, 0.15) is 43.0 Å². The molecule has 1 atom stereocenters. The van der Waals surface area contributed by atoms with E-state index in [-0.39, 0.29) is 16.7 Å². The Balaban J connectivity index is 1.83. The summed E-state index contributed by atoms with van der Waals surface area (Å²) < 4.78 is 10.3. The topological polar surface area (TPSA) is 81.4 Å². The maximum atomic E-state index is 13.0. The summed E-state index contributed by atoms with van der Waals surface area (Å²) in [4.78, 5) is 23.1. The number of rotatable bonds is 3. The van der Waals surface area contributed by atoms with Gasteiger partial charge in [-0.05, 0) is 12.1 Å². The maximum absolute atomic E-state index is 13.0. The number of hydrogen-bond donors (Lipinski definition) is 0. The minimum Gasteiger partial charge on any atom is -0.377 e. The second-order valence-electron chi connectivity index (χ2n) is 6.48. The van der Waals surface area contributed by atoms with Crippen LogP contribution in [0.25, 0.3) is 0 Å². The molecule has 2 aromatic rings. The van der Waals surface area contributed by atoms with Crippen LogP contribution >= 0.6 is 11.8 Å². The van der Waals surface area contributed by atoms with E-state index in [1.54, 1.807) is 28.9 Å². The van der Waals surface area contributed by atoms with Crippen molar-refractivity contribution in [3.8, 4) is 0 Å². The fourth-order valence-electron chi connectivity index (χ4n) is 2.46. The number of thioether (sulfide) groups is 1. The molecule has 24 heavy (non-hydrogen) atoms. The molecule has 0 aromatic carbocycles. The first-order valence-corrected chi connectivity index (χ1v) is 8.56. The number of carbonyl (C=O) groups is 1. The second-order valence-corrected chi connectivity index (χ2v) is 8.32. The molecular formula is C16H20N4O3S. The number of hydrogen-bond acceptors (Lipinski definition) is 7. The van der Waals surface area contributed by atoms with Crippen LogP contribution in [-0.2, 0) is 4.74 Å². The molecule has 1 amide bonds. The lowest BCUT2D eigenvalue weighted by Gasteiger charge is -2.33. The van der Waals surface area contributed by atoms with Gasteiger partial charge in [0.1, 0.15) is 6.04 Å². The molecule has 0 saturated carbocycles. The number of ether oxygens (including phenoxy) is 1. The first kappa shape index (κ1) is 16.9. The normalized spacial score (nSPS) is 18.6. The molecule has 0 bridgehead atoms. The second kappa shape index (κ2) is 6.90. The number of morpholine rings is 1. The van der Waals surface area contributed by atoms with E-state index in [4.69, 9.17) is 9.26 Å². The van der Waals surface area contributed by atoms with Crippen molar-refractivity contribution in [1.82, 2.24) is 20.0 Å². The van der Waals surface area contributed by atoms with Gasteiger partial charge in [0, 0.05) is 23.1 Å². The van der Waals surface area contributed by atoms with E-state index in [0.29, 0.717) is 31.1 Å². The lowest BCUT2D eigenvalue weighted by Crippen LogP contribution is -2.43. The van der Waals surface area contributed by atoms with Gasteiger partial charge in [-0.25, -0.2) is 4.98 Å². The summed E-state index contributed by atoms with van der Waals surface area (Å²) in [6.07, 6.45) is 2.93. The van der Waals surface area contributed by atoms with E-state index in [2.05, 4.69) is 35.9 Å². The SMILES string of the molecule is CC(C)(C)Sc1cc(C(=O)N2CCOCC2c2ncon2)ccn1. The number of nitrogens with zero attached hydrogens (tertiary/aromatic N) is 4. The Morgan fingerprint density at radius 1 is 1.38 bits per heavy atom. The highest BCUT2D eigenvalue weighted by atomic mass is 32.2. The average molecular weight is 348 g/mol. The molecule has 0 aliphatic carbocycles. The van der Waals surface area contributed by atoms with Crippen LogP contribution < -0.4 is 0 Å². The quantitative estimate of drug-likeness (QED) is 0.789. The van der Waals surface area contributed by atoms with Gasteiger partial charge in [0.05, 0.1) is 18.2 Å². The van der Waals surface area contributed by atoms with Gasteiger partial charge in [-0.1, -0.05) is 25.9 Å². The van der Waals surface area contributed by atoms with E-state index >= 15 is 0 Å². The average Bonchev–Trinajstić information content (AvgIpc) is 3.07. The standard InChI is InChI=1S/C16H20N4O3S/c1-16(2,3)24-13-8-11(4-5-17-13)15(21)20-6-7-22-9-12(20)14-18-10-23-19-14/h4-5,8,10,12H,6-7,9H2,1-3H3. The molecule has 1 saturated heterocycles. The van der Waals surface area contributed by atoms with Gasteiger partial charge in [0.15, 0.2) is 5.82 Å². The lowest BCUT2D eigenvalue weighted by molar-refractivity contribution is -0.00579. The van der Waals surface area contributed by atoms with Gasteiger partial charge in [0.2, 0.25) is 6.39 Å². The predicted octanol–water partition coefficient (Wildman–Crippen LogP) is 2.57. The highest BCUT2D eigenvalue weighted by molar-refractivity contribution is 8.00. The highest BCUT2D eigenvalue weighted by Gasteiger charge is 2.32. The Morgan fingerprint density at radius 3 is 2.92 bits per heavy atom. The smallest absolute Gasteiger partial charge is 0.254 e. The van der Waals surface area contributed by atoms with Crippen molar-refractivity contribution in [3.05, 3.63) is 36.1 Å². The van der Waals surface area contributed by atoms with E-state index in [1.807, 2.05) is 6.07 Å². The fraction of sp³-hybridized carbons (Fsp3) is 0.500. The van der Waals surface area contributed by atoms with Crippen molar-refractivity contribution < 1.29 is 14.1 Å². The number of carbonyl (C=O) groups excluding carboxylic acids is 1. The third kappa shape index (κ3) is 3.93. The fourth-order valence-corrected chi connectivity index (χ4v) is 3.39. The Morgan fingerprint density at radius 2 is 2.21 bits per heavy atom. The number of aromatic nitrogens is 3. The monoisotopic (exact) mass is 348 g/mol. The molecule has 0 spiro atoms. The van der Waals surface area contributed by atoms with Crippen LogP contribution in [0.3, 0.4) is 0 Å². The van der Waals surface area contributed by atoms with Crippen LogP contribution in [-0.4, -0.2) is 50.4 Å². The minimum absolute atomic E-state index is 0.0286. The highest BCUT2D eigenvalue weighted by Crippen LogP contribution is 2.31. The van der Waals surface area contributed by atoms with Gasteiger partial charge in [-0.3, -0.25) is 4.79 Å². The van der Waals surface area contributed by atoms with Gasteiger partial charge in [-0.2, -0.15) is 4.98 Å². The van der Waals surface area contributed by atoms with Crippen molar-refractivity contribution in [1.29, 1.82) is 0 Å². The molecule has 3 rings (SSSR count). The summed E-state index contributed by atoms with van der Waals surface area (Å²) >= 11 is 1.63. The first-order valence-electron chi connectivity index (χ1n) is 7.74. The Hall–Kier alpha value is -1.93. The summed E-state index contributed by atoms with van der Waals surface area (Å²) in [5.41, 5.74) is 0.604. The van der Waals surface area contributed by atoms with Gasteiger partial charge in [0.25, 0.3) is 5.91 Å². The predicted molar refractivity (Wildman–Crippen MR) is 88.7 cm³/mol. The van der Waals surface area contributed by atoms with E-state index in [1.165, 1.54) is 6.39 Å². The molecule has 1 fully saturated rings. The van der Waals surface area contributed by atoms with Crippen molar-refractivity contribution >= 4 is 17.7 Å². The lowest BCUT2D eigenvalue weighted by atomic mass is 10.1. The van der Waals surface area contributed by atoms with E-state index in [9.17, 15) is 4.79 Å². The third-order valence-electron chi connectivity index (χ3n) is 3.46. The zero-order chi connectivity index (χ0) is 17.2. The Labute approximate surface area is 144 Å². The molecular weight excluding hydrogens is 328 g/mol. The number of pyridine rings is 1.